The van der Waals surface area contributed by atoms with Crippen LogP contribution in [-0.4, -0.2) is 24.1 Å². The fraction of sp³-hybridized carbons (Fsp3) is 0.562. The van der Waals surface area contributed by atoms with Crippen molar-refractivity contribution in [2.45, 2.75) is 51.2 Å². The third-order valence-corrected chi connectivity index (χ3v) is 3.98. The first-order valence-corrected chi connectivity index (χ1v) is 7.34. The normalized spacial score (nSPS) is 26.2. The fourth-order valence-corrected chi connectivity index (χ4v) is 3.02. The van der Waals surface area contributed by atoms with Crippen molar-refractivity contribution in [1.29, 1.82) is 0 Å². The van der Waals surface area contributed by atoms with Crippen LogP contribution in [0.25, 0.3) is 0 Å². The summed E-state index contributed by atoms with van der Waals surface area (Å²) in [5, 5.41) is 3.27. The van der Waals surface area contributed by atoms with E-state index in [1.54, 1.807) is 0 Å². The standard InChI is InChI=1S/C16H24N2O2/c1-3-18-16(15(17)19)9-5-8-14(11-16)20-13-7-4-6-12(2)10-13/h4,6-7,10,14,18H,3,5,8-9,11H2,1-2H3,(H2,17,19). The third kappa shape index (κ3) is 3.31. The molecule has 0 spiro atoms. The molecule has 1 aromatic rings. The molecule has 4 nitrogen and oxygen atoms in total. The van der Waals surface area contributed by atoms with Crippen molar-refractivity contribution in [3.05, 3.63) is 29.8 Å². The molecule has 0 saturated heterocycles. The molecule has 20 heavy (non-hydrogen) atoms. The molecule has 2 rings (SSSR count). The van der Waals surface area contributed by atoms with E-state index in [2.05, 4.69) is 5.32 Å². The van der Waals surface area contributed by atoms with Crippen LogP contribution in [-0.2, 0) is 4.79 Å². The summed E-state index contributed by atoms with van der Waals surface area (Å²) in [5.74, 6) is 0.601. The zero-order valence-corrected chi connectivity index (χ0v) is 12.3. The van der Waals surface area contributed by atoms with Crippen LogP contribution in [0.4, 0.5) is 0 Å². The number of nitrogens with two attached hydrogens (primary N) is 1. The molecule has 1 aliphatic carbocycles. The van der Waals surface area contributed by atoms with E-state index in [9.17, 15) is 4.79 Å². The van der Waals surface area contributed by atoms with Gasteiger partial charge in [0.15, 0.2) is 0 Å². The molecule has 4 heteroatoms. The van der Waals surface area contributed by atoms with Crippen LogP contribution in [0.1, 0.15) is 38.2 Å². The maximum absolute atomic E-state index is 11.8. The van der Waals surface area contributed by atoms with Gasteiger partial charge in [0, 0.05) is 6.42 Å². The molecule has 0 aliphatic heterocycles. The molecule has 0 aromatic heterocycles. The Morgan fingerprint density at radius 3 is 3.00 bits per heavy atom. The number of rotatable bonds is 5. The highest BCUT2D eigenvalue weighted by Crippen LogP contribution is 2.31. The van der Waals surface area contributed by atoms with Crippen molar-refractivity contribution >= 4 is 5.91 Å². The van der Waals surface area contributed by atoms with Gasteiger partial charge in [0.25, 0.3) is 0 Å². The lowest BCUT2D eigenvalue weighted by atomic mass is 9.79. The quantitative estimate of drug-likeness (QED) is 0.866. The highest BCUT2D eigenvalue weighted by atomic mass is 16.5. The van der Waals surface area contributed by atoms with Crippen LogP contribution >= 0.6 is 0 Å². The lowest BCUT2D eigenvalue weighted by Gasteiger charge is -2.39. The first-order valence-electron chi connectivity index (χ1n) is 7.34. The van der Waals surface area contributed by atoms with Gasteiger partial charge in [-0.1, -0.05) is 19.1 Å². The predicted molar refractivity (Wildman–Crippen MR) is 79.7 cm³/mol. The Morgan fingerprint density at radius 1 is 1.55 bits per heavy atom. The number of amides is 1. The minimum Gasteiger partial charge on any atom is -0.490 e. The van der Waals surface area contributed by atoms with Gasteiger partial charge in [-0.3, -0.25) is 4.79 Å². The van der Waals surface area contributed by atoms with Crippen molar-refractivity contribution in [2.24, 2.45) is 5.73 Å². The number of ether oxygens (including phenoxy) is 1. The number of aryl methyl sites for hydroxylation is 1. The Bertz CT molecular complexity index is 471. The molecule has 110 valence electrons. The van der Waals surface area contributed by atoms with Crippen LogP contribution in [0.3, 0.4) is 0 Å². The Kier molecular flexibility index (Phi) is 4.65. The first kappa shape index (κ1) is 14.9. The van der Waals surface area contributed by atoms with Crippen molar-refractivity contribution in [3.63, 3.8) is 0 Å². The molecular weight excluding hydrogens is 252 g/mol. The van der Waals surface area contributed by atoms with Gasteiger partial charge in [-0.15, -0.1) is 0 Å². The van der Waals surface area contributed by atoms with Gasteiger partial charge in [-0.2, -0.15) is 0 Å². The molecule has 0 bridgehead atoms. The summed E-state index contributed by atoms with van der Waals surface area (Å²) < 4.78 is 6.04. The molecule has 0 radical (unpaired) electrons. The molecule has 2 atom stereocenters. The molecular formula is C16H24N2O2. The monoisotopic (exact) mass is 276 g/mol. The summed E-state index contributed by atoms with van der Waals surface area (Å²) in [7, 11) is 0. The van der Waals surface area contributed by atoms with Gasteiger partial charge in [0.05, 0.1) is 0 Å². The van der Waals surface area contributed by atoms with Crippen LogP contribution < -0.4 is 15.8 Å². The fourth-order valence-electron chi connectivity index (χ4n) is 3.02. The molecule has 3 N–H and O–H groups in total. The van der Waals surface area contributed by atoms with Gasteiger partial charge < -0.3 is 15.8 Å². The number of hydrogen-bond donors (Lipinski definition) is 2. The lowest BCUT2D eigenvalue weighted by Crippen LogP contribution is -2.59. The maximum atomic E-state index is 11.8. The second-order valence-corrected chi connectivity index (χ2v) is 5.63. The van der Waals surface area contributed by atoms with Gasteiger partial charge in [-0.25, -0.2) is 0 Å². The summed E-state index contributed by atoms with van der Waals surface area (Å²) in [6, 6.07) is 8.01. The predicted octanol–water partition coefficient (Wildman–Crippen LogP) is 2.15. The van der Waals surface area contributed by atoms with Gasteiger partial charge in [0.1, 0.15) is 17.4 Å². The molecule has 0 heterocycles. The molecule has 1 fully saturated rings. The van der Waals surface area contributed by atoms with Crippen LogP contribution in [0, 0.1) is 6.92 Å². The summed E-state index contributed by atoms with van der Waals surface area (Å²) in [6.45, 7) is 4.77. The first-order chi connectivity index (χ1) is 9.55. The number of primary amides is 1. The maximum Gasteiger partial charge on any atom is 0.237 e. The van der Waals surface area contributed by atoms with E-state index in [-0.39, 0.29) is 12.0 Å². The van der Waals surface area contributed by atoms with Crippen molar-refractivity contribution < 1.29 is 9.53 Å². The second kappa shape index (κ2) is 6.27. The van der Waals surface area contributed by atoms with Gasteiger partial charge in [-0.05, 0) is 50.4 Å². The Labute approximate surface area is 120 Å². The van der Waals surface area contributed by atoms with Crippen molar-refractivity contribution in [3.8, 4) is 5.75 Å². The average Bonchev–Trinajstić information content (AvgIpc) is 2.39. The second-order valence-electron chi connectivity index (χ2n) is 5.63. The topological polar surface area (TPSA) is 64.3 Å². The van der Waals surface area contributed by atoms with E-state index in [0.717, 1.165) is 31.6 Å². The summed E-state index contributed by atoms with van der Waals surface area (Å²) in [6.07, 6.45) is 3.39. The number of carbonyl (C=O) groups is 1. The van der Waals surface area contributed by atoms with E-state index >= 15 is 0 Å². The summed E-state index contributed by atoms with van der Waals surface area (Å²) in [4.78, 5) is 11.8. The number of hydrogen-bond acceptors (Lipinski definition) is 3. The number of benzene rings is 1. The van der Waals surface area contributed by atoms with Crippen LogP contribution in [0.15, 0.2) is 24.3 Å². The van der Waals surface area contributed by atoms with Crippen molar-refractivity contribution in [2.75, 3.05) is 6.54 Å². The largest absolute Gasteiger partial charge is 0.490 e. The summed E-state index contributed by atoms with van der Waals surface area (Å²) in [5.41, 5.74) is 6.17. The van der Waals surface area contributed by atoms with Crippen LogP contribution in [0.2, 0.25) is 0 Å². The summed E-state index contributed by atoms with van der Waals surface area (Å²) >= 11 is 0. The Balaban J connectivity index is 2.08. The minimum absolute atomic E-state index is 0.0390. The Morgan fingerprint density at radius 2 is 2.35 bits per heavy atom. The molecule has 1 amide bonds. The molecule has 1 aromatic carbocycles. The SMILES string of the molecule is CCNC1(C(N)=O)CCCC(Oc2cccc(C)c2)C1. The average molecular weight is 276 g/mol. The smallest absolute Gasteiger partial charge is 0.237 e. The Hall–Kier alpha value is -1.55. The molecule has 1 aliphatic rings. The van der Waals surface area contributed by atoms with E-state index in [1.807, 2.05) is 38.1 Å². The minimum atomic E-state index is -0.610. The number of nitrogens with one attached hydrogen (secondary N) is 1. The van der Waals surface area contributed by atoms with E-state index in [0.29, 0.717) is 6.42 Å². The number of likely N-dealkylation sites (N-methyl/N-ethyl adjacent to an activating group) is 1. The third-order valence-electron chi connectivity index (χ3n) is 3.98. The lowest BCUT2D eigenvalue weighted by molar-refractivity contribution is -0.127. The highest BCUT2D eigenvalue weighted by molar-refractivity contribution is 5.84. The van der Waals surface area contributed by atoms with Gasteiger partial charge in [0.2, 0.25) is 5.91 Å². The van der Waals surface area contributed by atoms with Crippen molar-refractivity contribution in [1.82, 2.24) is 5.32 Å². The zero-order chi connectivity index (χ0) is 14.6. The molecule has 1 saturated carbocycles. The highest BCUT2D eigenvalue weighted by Gasteiger charge is 2.41. The van der Waals surface area contributed by atoms with E-state index in [4.69, 9.17) is 10.5 Å². The van der Waals surface area contributed by atoms with Crippen LogP contribution in [0.5, 0.6) is 5.75 Å². The molecule has 2 unspecified atom stereocenters. The van der Waals surface area contributed by atoms with E-state index in [1.165, 1.54) is 5.56 Å². The number of carbonyl (C=O) groups excluding carboxylic acids is 1. The zero-order valence-electron chi connectivity index (χ0n) is 12.3. The van der Waals surface area contributed by atoms with E-state index < -0.39 is 5.54 Å². The van der Waals surface area contributed by atoms with Gasteiger partial charge >= 0.3 is 0 Å².